The molecule has 2 saturated heterocycles. The highest BCUT2D eigenvalue weighted by Crippen LogP contribution is 2.40. The molecule has 0 bridgehead atoms. The Morgan fingerprint density at radius 3 is 3.37 bits per heavy atom. The number of aromatic nitrogens is 1. The summed E-state index contributed by atoms with van der Waals surface area (Å²) in [6.45, 7) is 4.88. The van der Waals surface area contributed by atoms with Crippen molar-refractivity contribution in [3.8, 4) is 0 Å². The summed E-state index contributed by atoms with van der Waals surface area (Å²) in [7, 11) is 1.81. The van der Waals surface area contributed by atoms with Gasteiger partial charge >= 0.3 is 0 Å². The average molecular weight is 282 g/mol. The second-order valence-corrected chi connectivity index (χ2v) is 6.66. The summed E-state index contributed by atoms with van der Waals surface area (Å²) in [5.41, 5.74) is 0.197. The molecule has 0 radical (unpaired) electrons. The van der Waals surface area contributed by atoms with Crippen LogP contribution in [0.1, 0.15) is 24.3 Å². The van der Waals surface area contributed by atoms with Crippen LogP contribution in [0.4, 0.5) is 0 Å². The monoisotopic (exact) mass is 282 g/mol. The number of fused-ring (bicyclic) bond motifs is 1. The summed E-state index contributed by atoms with van der Waals surface area (Å²) in [4.78, 5) is 6.91. The number of ether oxygens (including phenoxy) is 2. The molecule has 0 amide bonds. The Morgan fingerprint density at radius 2 is 2.58 bits per heavy atom. The zero-order valence-electron chi connectivity index (χ0n) is 11.5. The van der Waals surface area contributed by atoms with E-state index in [1.807, 2.05) is 6.20 Å². The summed E-state index contributed by atoms with van der Waals surface area (Å²) in [5.74, 6) is 0. The van der Waals surface area contributed by atoms with E-state index in [9.17, 15) is 0 Å². The van der Waals surface area contributed by atoms with Crippen molar-refractivity contribution in [1.82, 2.24) is 9.88 Å². The summed E-state index contributed by atoms with van der Waals surface area (Å²) in [6, 6.07) is 0. The number of thiazole rings is 1. The maximum absolute atomic E-state index is 6.00. The van der Waals surface area contributed by atoms with Gasteiger partial charge in [0.1, 0.15) is 5.01 Å². The van der Waals surface area contributed by atoms with Crippen molar-refractivity contribution in [2.24, 2.45) is 5.41 Å². The molecular formula is C14H22N2O2S. The van der Waals surface area contributed by atoms with Crippen molar-refractivity contribution < 1.29 is 9.47 Å². The lowest BCUT2D eigenvalue weighted by atomic mass is 9.73. The number of rotatable bonds is 4. The zero-order valence-corrected chi connectivity index (χ0v) is 12.3. The predicted octanol–water partition coefficient (Wildman–Crippen LogP) is 2.16. The molecule has 2 atom stereocenters. The third kappa shape index (κ3) is 2.84. The first-order valence-corrected chi connectivity index (χ1v) is 7.92. The quantitative estimate of drug-likeness (QED) is 0.847. The third-order valence-corrected chi connectivity index (χ3v) is 5.11. The normalized spacial score (nSPS) is 32.2. The minimum atomic E-state index is 0.197. The second kappa shape index (κ2) is 5.87. The summed E-state index contributed by atoms with van der Waals surface area (Å²) < 4.78 is 11.5. The predicted molar refractivity (Wildman–Crippen MR) is 75.3 cm³/mol. The Hall–Kier alpha value is -0.490. The van der Waals surface area contributed by atoms with Gasteiger partial charge in [-0.3, -0.25) is 4.90 Å². The number of hydrogen-bond donors (Lipinski definition) is 0. The number of nitrogens with zero attached hydrogens (tertiary/aromatic N) is 2. The van der Waals surface area contributed by atoms with E-state index in [4.69, 9.17) is 9.47 Å². The molecule has 2 aliphatic heterocycles. The molecule has 0 saturated carbocycles. The molecule has 106 valence electrons. The van der Waals surface area contributed by atoms with Crippen LogP contribution in [-0.2, 0) is 16.0 Å². The highest BCUT2D eigenvalue weighted by molar-refractivity contribution is 7.09. The van der Waals surface area contributed by atoms with Crippen molar-refractivity contribution >= 4 is 11.3 Å². The molecule has 0 unspecified atom stereocenters. The first kappa shape index (κ1) is 13.5. The minimum Gasteiger partial charge on any atom is -0.384 e. The molecule has 5 heteroatoms. The molecule has 2 fully saturated rings. The van der Waals surface area contributed by atoms with Crippen LogP contribution in [0.2, 0.25) is 0 Å². The van der Waals surface area contributed by atoms with E-state index in [0.717, 1.165) is 45.7 Å². The number of methoxy groups -OCH3 is 1. The summed E-state index contributed by atoms with van der Waals surface area (Å²) in [5, 5.41) is 3.26. The van der Waals surface area contributed by atoms with Gasteiger partial charge in [-0.2, -0.15) is 0 Å². The molecule has 0 aliphatic carbocycles. The lowest BCUT2D eigenvalue weighted by Gasteiger charge is -2.50. The van der Waals surface area contributed by atoms with Crippen molar-refractivity contribution in [3.63, 3.8) is 0 Å². The SMILES string of the molecule is COC[C@@]12CCCO[C@H]1CCN(Cc1nccs1)C2. The van der Waals surface area contributed by atoms with E-state index in [2.05, 4.69) is 15.3 Å². The minimum absolute atomic E-state index is 0.197. The van der Waals surface area contributed by atoms with Crippen LogP contribution in [0.25, 0.3) is 0 Å². The van der Waals surface area contributed by atoms with Crippen molar-refractivity contribution in [3.05, 3.63) is 16.6 Å². The number of piperidine rings is 1. The van der Waals surface area contributed by atoms with Crippen molar-refractivity contribution in [2.45, 2.75) is 31.9 Å². The molecule has 0 N–H and O–H groups in total. The maximum Gasteiger partial charge on any atom is 0.107 e. The topological polar surface area (TPSA) is 34.6 Å². The van der Waals surface area contributed by atoms with Crippen molar-refractivity contribution in [1.29, 1.82) is 0 Å². The molecular weight excluding hydrogens is 260 g/mol. The van der Waals surface area contributed by atoms with Gasteiger partial charge in [0.2, 0.25) is 0 Å². The van der Waals surface area contributed by atoms with Gasteiger partial charge in [-0.15, -0.1) is 11.3 Å². The molecule has 19 heavy (non-hydrogen) atoms. The van der Waals surface area contributed by atoms with E-state index in [1.165, 1.54) is 11.4 Å². The van der Waals surface area contributed by atoms with Crippen LogP contribution in [0.15, 0.2) is 11.6 Å². The van der Waals surface area contributed by atoms with Gasteiger partial charge in [-0.1, -0.05) is 0 Å². The lowest BCUT2D eigenvalue weighted by molar-refractivity contribution is -0.149. The molecule has 3 heterocycles. The summed E-state index contributed by atoms with van der Waals surface area (Å²) in [6.07, 6.45) is 5.77. The van der Waals surface area contributed by atoms with Gasteiger partial charge in [0.25, 0.3) is 0 Å². The molecule has 4 nitrogen and oxygen atoms in total. The zero-order chi connectivity index (χ0) is 13.1. The summed E-state index contributed by atoms with van der Waals surface area (Å²) >= 11 is 1.74. The molecule has 0 spiro atoms. The third-order valence-electron chi connectivity index (χ3n) is 4.34. The van der Waals surface area contributed by atoms with Gasteiger partial charge in [0.05, 0.1) is 19.3 Å². The van der Waals surface area contributed by atoms with Crippen LogP contribution in [0.5, 0.6) is 0 Å². The molecule has 2 aliphatic rings. The van der Waals surface area contributed by atoms with Crippen LogP contribution < -0.4 is 0 Å². The van der Waals surface area contributed by atoms with Gasteiger partial charge in [0.15, 0.2) is 0 Å². The molecule has 1 aromatic rings. The first-order valence-electron chi connectivity index (χ1n) is 7.04. The maximum atomic E-state index is 6.00. The van der Waals surface area contributed by atoms with Gasteiger partial charge < -0.3 is 9.47 Å². The van der Waals surface area contributed by atoms with Crippen LogP contribution in [-0.4, -0.2) is 49.4 Å². The fraction of sp³-hybridized carbons (Fsp3) is 0.786. The van der Waals surface area contributed by atoms with Crippen LogP contribution in [0.3, 0.4) is 0 Å². The second-order valence-electron chi connectivity index (χ2n) is 5.68. The number of likely N-dealkylation sites (tertiary alicyclic amines) is 1. The largest absolute Gasteiger partial charge is 0.384 e. The van der Waals surface area contributed by atoms with Gasteiger partial charge in [0, 0.05) is 43.8 Å². The average Bonchev–Trinajstić information content (AvgIpc) is 2.91. The Morgan fingerprint density at radius 1 is 1.63 bits per heavy atom. The molecule has 3 rings (SSSR count). The van der Waals surface area contributed by atoms with Crippen LogP contribution >= 0.6 is 11.3 Å². The molecule has 0 aromatic carbocycles. The number of hydrogen-bond acceptors (Lipinski definition) is 5. The Balaban J connectivity index is 1.69. The fourth-order valence-corrected chi connectivity index (χ4v) is 4.20. The lowest BCUT2D eigenvalue weighted by Crippen LogP contribution is -2.56. The smallest absolute Gasteiger partial charge is 0.107 e. The van der Waals surface area contributed by atoms with E-state index < -0.39 is 0 Å². The molecule has 1 aromatic heterocycles. The van der Waals surface area contributed by atoms with Crippen LogP contribution in [0, 0.1) is 5.41 Å². The highest BCUT2D eigenvalue weighted by atomic mass is 32.1. The first-order chi connectivity index (χ1) is 9.32. The van der Waals surface area contributed by atoms with E-state index in [1.54, 1.807) is 18.4 Å². The van der Waals surface area contributed by atoms with Crippen molar-refractivity contribution in [2.75, 3.05) is 33.4 Å². The Kier molecular flexibility index (Phi) is 4.17. The highest BCUT2D eigenvalue weighted by Gasteiger charge is 2.45. The van der Waals surface area contributed by atoms with E-state index in [0.29, 0.717) is 6.10 Å². The van der Waals surface area contributed by atoms with E-state index in [-0.39, 0.29) is 5.41 Å². The van der Waals surface area contributed by atoms with E-state index >= 15 is 0 Å². The van der Waals surface area contributed by atoms with Gasteiger partial charge in [-0.05, 0) is 19.3 Å². The fourth-order valence-electron chi connectivity index (χ4n) is 3.54. The standard InChI is InChI=1S/C14H22N2O2S/c1-17-11-14-4-2-7-18-12(14)3-6-16(10-14)9-13-15-5-8-19-13/h5,8,12H,2-4,6-7,9-11H2,1H3/t12-,14-/m0/s1. The Labute approximate surface area is 118 Å². The van der Waals surface area contributed by atoms with Gasteiger partial charge in [-0.25, -0.2) is 4.98 Å². The Bertz CT molecular complexity index is 394.